The van der Waals surface area contributed by atoms with Crippen LogP contribution < -0.4 is 10.4 Å². The average molecular weight is 434 g/mol. The molecule has 2 aliphatic rings. The minimum Gasteiger partial charge on any atom is -0.0741 e. The molecule has 0 radical (unpaired) electrons. The van der Waals surface area contributed by atoms with Crippen molar-refractivity contribution in [3.05, 3.63) is 69.6 Å². The van der Waals surface area contributed by atoms with Crippen LogP contribution in [0, 0.1) is 12.8 Å². The summed E-state index contributed by atoms with van der Waals surface area (Å²) in [6.45, 7) is 4.48. The number of allylic oxidation sites excluding steroid dienone is 2. The maximum Gasteiger partial charge on any atom is 0 e. The molecule has 0 aromatic heterocycles. The molecule has 1 fully saturated rings. The molecule has 0 N–H and O–H groups in total. The smallest absolute Gasteiger partial charge is 0 e. The number of fused-ring (bicyclic) bond motifs is 1. The van der Waals surface area contributed by atoms with Crippen LogP contribution in [0.25, 0.3) is 23.3 Å². The van der Waals surface area contributed by atoms with Crippen LogP contribution in [-0.2, 0) is 32.6 Å². The first-order valence-electron chi connectivity index (χ1n) is 10.4. The van der Waals surface area contributed by atoms with E-state index in [1.54, 1.807) is 0 Å². The molecule has 1 heteroatoms. The van der Waals surface area contributed by atoms with E-state index in [0.717, 1.165) is 5.92 Å². The van der Waals surface area contributed by atoms with E-state index in [0.29, 0.717) is 0 Å². The van der Waals surface area contributed by atoms with Crippen molar-refractivity contribution < 1.29 is 26.2 Å². The fraction of sp³-hybridized carbons (Fsp3) is 0.385. The molecular formula is C26H30Zr. The monoisotopic (exact) mass is 432 g/mol. The second-order valence-corrected chi connectivity index (χ2v) is 8.06. The number of rotatable bonds is 4. The third-order valence-corrected chi connectivity index (χ3v) is 6.01. The molecule has 0 spiro atoms. The van der Waals surface area contributed by atoms with Gasteiger partial charge in [-0.25, -0.2) is 0 Å². The topological polar surface area (TPSA) is 0 Å². The largest absolute Gasteiger partial charge is 0.0741 e. The zero-order chi connectivity index (χ0) is 17.9. The molecule has 2 aromatic rings. The Morgan fingerprint density at radius 1 is 0.889 bits per heavy atom. The second-order valence-electron chi connectivity index (χ2n) is 8.06. The molecule has 0 bridgehead atoms. The summed E-state index contributed by atoms with van der Waals surface area (Å²) in [5, 5.41) is 2.83. The van der Waals surface area contributed by atoms with Crippen LogP contribution >= 0.6 is 0 Å². The minimum absolute atomic E-state index is 0. The molecule has 0 amide bonds. The van der Waals surface area contributed by atoms with Crippen molar-refractivity contribution in [2.45, 2.75) is 58.8 Å². The van der Waals surface area contributed by atoms with Gasteiger partial charge in [-0.2, -0.15) is 0 Å². The zero-order valence-corrected chi connectivity index (χ0v) is 19.2. The average Bonchev–Trinajstić information content (AvgIpc) is 3.08. The van der Waals surface area contributed by atoms with Crippen molar-refractivity contribution in [2.24, 2.45) is 5.92 Å². The molecule has 0 atom stereocenters. The predicted octanol–water partition coefficient (Wildman–Crippen LogP) is 5.69. The molecule has 0 saturated heterocycles. The summed E-state index contributed by atoms with van der Waals surface area (Å²) >= 11 is 0. The van der Waals surface area contributed by atoms with E-state index >= 15 is 0 Å². The first-order valence-corrected chi connectivity index (χ1v) is 10.4. The van der Waals surface area contributed by atoms with Gasteiger partial charge in [-0.1, -0.05) is 75.1 Å². The van der Waals surface area contributed by atoms with E-state index < -0.39 is 0 Å². The van der Waals surface area contributed by atoms with Crippen molar-refractivity contribution in [1.29, 1.82) is 0 Å². The predicted molar refractivity (Wildman–Crippen MR) is 113 cm³/mol. The van der Waals surface area contributed by atoms with E-state index in [2.05, 4.69) is 68.5 Å². The Kier molecular flexibility index (Phi) is 7.10. The number of benzene rings is 2. The Bertz CT molecular complexity index is 925. The molecule has 0 nitrogen and oxygen atoms in total. The van der Waals surface area contributed by atoms with Gasteiger partial charge in [0.25, 0.3) is 0 Å². The molecular weight excluding hydrogens is 404 g/mol. The molecule has 27 heavy (non-hydrogen) atoms. The number of aryl methyl sites for hydroxylation is 2. The first-order chi connectivity index (χ1) is 12.7. The molecule has 1 saturated carbocycles. The summed E-state index contributed by atoms with van der Waals surface area (Å²) in [6.07, 6.45) is 16.7. The zero-order valence-electron chi connectivity index (χ0n) is 16.7. The molecule has 0 aliphatic heterocycles. The van der Waals surface area contributed by atoms with Crippen LogP contribution in [0.1, 0.15) is 56.6 Å². The van der Waals surface area contributed by atoms with Crippen molar-refractivity contribution in [3.63, 3.8) is 0 Å². The summed E-state index contributed by atoms with van der Waals surface area (Å²) in [6, 6.07) is 13.8. The minimum atomic E-state index is 0. The maximum absolute atomic E-state index is 2.53. The van der Waals surface area contributed by atoms with Gasteiger partial charge in [0, 0.05) is 26.2 Å². The van der Waals surface area contributed by atoms with Gasteiger partial charge >= 0.3 is 0 Å². The molecule has 2 aromatic carbocycles. The molecule has 0 unspecified atom stereocenters. The number of hydrogen-bond acceptors (Lipinski definition) is 0. The standard InChI is InChI=1S/C26H30.Zr/c1-3-7-20-11-13-23(14-12-20)24-15-10-19(2)25-17-22(18-26(24)25)16-21-8-5-4-6-9-21;/h10-18,21H,3-9H2,1-2H3;. The van der Waals surface area contributed by atoms with Gasteiger partial charge in [-0.15, -0.1) is 0 Å². The van der Waals surface area contributed by atoms with E-state index in [1.165, 1.54) is 83.2 Å². The van der Waals surface area contributed by atoms with Crippen molar-refractivity contribution >= 4 is 12.2 Å². The van der Waals surface area contributed by atoms with Crippen LogP contribution in [0.3, 0.4) is 0 Å². The quantitative estimate of drug-likeness (QED) is 0.581. The van der Waals surface area contributed by atoms with Crippen LogP contribution in [0.15, 0.2) is 48.0 Å². The van der Waals surface area contributed by atoms with Crippen LogP contribution in [0.4, 0.5) is 0 Å². The molecule has 4 rings (SSSR count). The Morgan fingerprint density at radius 3 is 2.30 bits per heavy atom. The fourth-order valence-corrected chi connectivity index (χ4v) is 4.53. The normalized spacial score (nSPS) is 17.8. The van der Waals surface area contributed by atoms with Gasteiger partial charge in [0.1, 0.15) is 0 Å². The first kappa shape index (κ1) is 20.5. The third-order valence-electron chi connectivity index (χ3n) is 6.01. The Balaban J connectivity index is 0.00000210. The van der Waals surface area contributed by atoms with Gasteiger partial charge in [0.05, 0.1) is 0 Å². The van der Waals surface area contributed by atoms with E-state index in [9.17, 15) is 0 Å². The SMILES string of the molecule is CCCc1ccc(-c2ccc(C)c3c2=CC(=CC2CCCCC2)C=3)cc1.[Zr]. The van der Waals surface area contributed by atoms with Crippen molar-refractivity contribution in [1.82, 2.24) is 0 Å². The van der Waals surface area contributed by atoms with Crippen LogP contribution in [0.2, 0.25) is 0 Å². The van der Waals surface area contributed by atoms with Crippen LogP contribution in [0.5, 0.6) is 0 Å². The molecule has 138 valence electrons. The summed E-state index contributed by atoms with van der Waals surface area (Å²) in [5.74, 6) is 0.776. The van der Waals surface area contributed by atoms with Gasteiger partial charge in [-0.05, 0) is 82.5 Å². The Hall–Kier alpha value is -1.20. The Labute approximate surface area is 183 Å². The molecule has 2 aliphatic carbocycles. The van der Waals surface area contributed by atoms with Gasteiger partial charge in [0.2, 0.25) is 0 Å². The van der Waals surface area contributed by atoms with Crippen LogP contribution in [-0.4, -0.2) is 0 Å². The van der Waals surface area contributed by atoms with Crippen molar-refractivity contribution in [2.75, 3.05) is 0 Å². The third kappa shape index (κ3) is 4.63. The second kappa shape index (κ2) is 9.33. The summed E-state index contributed by atoms with van der Waals surface area (Å²) in [7, 11) is 0. The maximum atomic E-state index is 2.53. The van der Waals surface area contributed by atoms with Gasteiger partial charge in [0.15, 0.2) is 0 Å². The molecule has 0 heterocycles. The van der Waals surface area contributed by atoms with E-state index in [1.807, 2.05) is 0 Å². The summed E-state index contributed by atoms with van der Waals surface area (Å²) in [4.78, 5) is 0. The van der Waals surface area contributed by atoms with E-state index in [4.69, 9.17) is 0 Å². The summed E-state index contributed by atoms with van der Waals surface area (Å²) < 4.78 is 0. The summed E-state index contributed by atoms with van der Waals surface area (Å²) in [5.41, 5.74) is 6.95. The fourth-order valence-electron chi connectivity index (χ4n) is 4.53. The van der Waals surface area contributed by atoms with Crippen molar-refractivity contribution in [3.8, 4) is 11.1 Å². The van der Waals surface area contributed by atoms with Gasteiger partial charge in [-0.3, -0.25) is 0 Å². The number of hydrogen-bond donors (Lipinski definition) is 0. The van der Waals surface area contributed by atoms with E-state index in [-0.39, 0.29) is 26.2 Å². The Morgan fingerprint density at radius 2 is 1.59 bits per heavy atom. The van der Waals surface area contributed by atoms with Gasteiger partial charge < -0.3 is 0 Å².